The second-order valence-corrected chi connectivity index (χ2v) is 8.22. The highest BCUT2D eigenvalue weighted by molar-refractivity contribution is 7.89. The topological polar surface area (TPSA) is 93.1 Å². The van der Waals surface area contributed by atoms with Crippen molar-refractivity contribution in [3.63, 3.8) is 0 Å². The molecule has 8 heteroatoms. The van der Waals surface area contributed by atoms with Crippen LogP contribution in [-0.2, 0) is 10.0 Å². The Bertz CT molecular complexity index is 1280. The largest absolute Gasteiger partial charge is 0.322 e. The third-order valence-electron chi connectivity index (χ3n) is 4.55. The van der Waals surface area contributed by atoms with Crippen molar-refractivity contribution in [1.29, 1.82) is 0 Å². The van der Waals surface area contributed by atoms with Crippen molar-refractivity contribution in [3.05, 3.63) is 84.7 Å². The Hall–Kier alpha value is -3.49. The molecule has 2 N–H and O–H groups in total. The Kier molecular flexibility index (Phi) is 4.87. The van der Waals surface area contributed by atoms with Crippen LogP contribution in [0.25, 0.3) is 16.7 Å². The maximum atomic E-state index is 12.4. The van der Waals surface area contributed by atoms with E-state index in [9.17, 15) is 13.2 Å². The van der Waals surface area contributed by atoms with Gasteiger partial charge in [0.05, 0.1) is 15.9 Å². The number of benzene rings is 3. The van der Waals surface area contributed by atoms with Gasteiger partial charge >= 0.3 is 0 Å². The summed E-state index contributed by atoms with van der Waals surface area (Å²) in [6, 6.07) is 21.0. The van der Waals surface area contributed by atoms with Gasteiger partial charge in [-0.15, -0.1) is 0 Å². The molecule has 0 aliphatic carbocycles. The van der Waals surface area contributed by atoms with E-state index < -0.39 is 10.0 Å². The van der Waals surface area contributed by atoms with Crippen LogP contribution in [0.5, 0.6) is 0 Å². The average Bonchev–Trinajstić information content (AvgIpc) is 3.18. The number of nitrogens with one attached hydrogen (secondary N) is 2. The second kappa shape index (κ2) is 7.50. The van der Waals surface area contributed by atoms with E-state index in [2.05, 4.69) is 15.0 Å². The van der Waals surface area contributed by atoms with Gasteiger partial charge in [-0.1, -0.05) is 12.1 Å². The zero-order valence-corrected chi connectivity index (χ0v) is 16.3. The van der Waals surface area contributed by atoms with Gasteiger partial charge < -0.3 is 5.32 Å². The van der Waals surface area contributed by atoms with E-state index in [0.717, 1.165) is 16.7 Å². The van der Waals surface area contributed by atoms with Gasteiger partial charge in [0, 0.05) is 16.9 Å². The number of rotatable bonds is 5. The number of carbonyl (C=O) groups excluding carboxylic acids is 1. The van der Waals surface area contributed by atoms with Crippen LogP contribution in [0.4, 0.5) is 5.69 Å². The molecule has 146 valence electrons. The third-order valence-corrected chi connectivity index (χ3v) is 5.98. The zero-order valence-electron chi connectivity index (χ0n) is 15.5. The summed E-state index contributed by atoms with van der Waals surface area (Å²) in [6.45, 7) is 0. The Balaban J connectivity index is 1.51. The molecule has 0 radical (unpaired) electrons. The lowest BCUT2D eigenvalue weighted by molar-refractivity contribution is 0.102. The van der Waals surface area contributed by atoms with Crippen LogP contribution < -0.4 is 10.0 Å². The normalized spacial score (nSPS) is 11.5. The molecule has 0 spiro atoms. The number of para-hydroxylation sites is 2. The van der Waals surface area contributed by atoms with Gasteiger partial charge in [0.2, 0.25) is 10.0 Å². The molecule has 4 rings (SSSR count). The summed E-state index contributed by atoms with van der Waals surface area (Å²) < 4.78 is 27.7. The Morgan fingerprint density at radius 2 is 1.62 bits per heavy atom. The third kappa shape index (κ3) is 3.75. The minimum Gasteiger partial charge on any atom is -0.322 e. The summed E-state index contributed by atoms with van der Waals surface area (Å²) in [5, 5.41) is 2.81. The lowest BCUT2D eigenvalue weighted by Gasteiger charge is -2.09. The fourth-order valence-electron chi connectivity index (χ4n) is 2.98. The smallest absolute Gasteiger partial charge is 0.255 e. The van der Waals surface area contributed by atoms with Crippen LogP contribution in [0.15, 0.2) is 84.0 Å². The predicted molar refractivity (Wildman–Crippen MR) is 112 cm³/mol. The molecule has 0 saturated carbocycles. The molecule has 0 fully saturated rings. The van der Waals surface area contributed by atoms with E-state index in [0.29, 0.717) is 11.3 Å². The molecule has 1 heterocycles. The van der Waals surface area contributed by atoms with Crippen molar-refractivity contribution in [1.82, 2.24) is 14.3 Å². The summed E-state index contributed by atoms with van der Waals surface area (Å²) in [4.78, 5) is 16.9. The van der Waals surface area contributed by atoms with Gasteiger partial charge in [-0.2, -0.15) is 0 Å². The average molecular weight is 406 g/mol. The summed E-state index contributed by atoms with van der Waals surface area (Å²) in [5.74, 6) is -0.320. The Morgan fingerprint density at radius 1 is 0.931 bits per heavy atom. The molecular weight excluding hydrogens is 388 g/mol. The van der Waals surface area contributed by atoms with Gasteiger partial charge in [-0.3, -0.25) is 9.36 Å². The molecule has 0 unspecified atom stereocenters. The van der Waals surface area contributed by atoms with Gasteiger partial charge in [0.15, 0.2) is 0 Å². The molecule has 3 aromatic carbocycles. The standard InChI is InChI=1S/C21H18N4O3S/c1-22-29(27,28)18-12-6-15(7-13-18)21(26)24-16-8-10-17(11-9-16)25-14-23-19-4-2-3-5-20(19)25/h2-14,22H,1H3,(H,24,26). The molecule has 0 saturated heterocycles. The first kappa shape index (κ1) is 18.9. The first-order valence-corrected chi connectivity index (χ1v) is 10.3. The van der Waals surface area contributed by atoms with E-state index in [1.807, 2.05) is 53.1 Å². The molecule has 0 bridgehead atoms. The minimum absolute atomic E-state index is 0.105. The van der Waals surface area contributed by atoms with E-state index in [1.165, 1.54) is 31.3 Å². The molecular formula is C21H18N4O3S. The quantitative estimate of drug-likeness (QED) is 0.532. The van der Waals surface area contributed by atoms with Gasteiger partial charge in [-0.05, 0) is 67.7 Å². The molecule has 0 aliphatic heterocycles. The first-order valence-electron chi connectivity index (χ1n) is 8.85. The summed E-state index contributed by atoms with van der Waals surface area (Å²) in [7, 11) is -2.19. The van der Waals surface area contributed by atoms with Gasteiger partial charge in [-0.25, -0.2) is 18.1 Å². The van der Waals surface area contributed by atoms with Crippen molar-refractivity contribution >= 4 is 32.7 Å². The number of aromatic nitrogens is 2. The first-order chi connectivity index (χ1) is 14.0. The Morgan fingerprint density at radius 3 is 2.31 bits per heavy atom. The molecule has 1 aromatic heterocycles. The molecule has 4 aromatic rings. The lowest BCUT2D eigenvalue weighted by Crippen LogP contribution is -2.19. The van der Waals surface area contributed by atoms with Gasteiger partial charge in [0.1, 0.15) is 6.33 Å². The van der Waals surface area contributed by atoms with Crippen LogP contribution in [0.1, 0.15) is 10.4 Å². The highest BCUT2D eigenvalue weighted by Gasteiger charge is 2.13. The number of nitrogens with zero attached hydrogens (tertiary/aromatic N) is 2. The molecule has 0 aliphatic rings. The second-order valence-electron chi connectivity index (χ2n) is 6.34. The predicted octanol–water partition coefficient (Wildman–Crippen LogP) is 3.19. The fraction of sp³-hybridized carbons (Fsp3) is 0.0476. The summed E-state index contributed by atoms with van der Waals surface area (Å²) >= 11 is 0. The number of hydrogen-bond donors (Lipinski definition) is 2. The Labute approximate surface area is 168 Å². The van der Waals surface area contributed by atoms with E-state index in [4.69, 9.17) is 0 Å². The van der Waals surface area contributed by atoms with Crippen LogP contribution >= 0.6 is 0 Å². The number of fused-ring (bicyclic) bond motifs is 1. The monoisotopic (exact) mass is 406 g/mol. The number of hydrogen-bond acceptors (Lipinski definition) is 4. The molecule has 0 atom stereocenters. The number of carbonyl (C=O) groups is 1. The SMILES string of the molecule is CNS(=O)(=O)c1ccc(C(=O)Nc2ccc(-n3cnc4ccccc43)cc2)cc1. The van der Waals surface area contributed by atoms with Crippen LogP contribution in [-0.4, -0.2) is 30.9 Å². The van der Waals surface area contributed by atoms with Crippen molar-refractivity contribution < 1.29 is 13.2 Å². The van der Waals surface area contributed by atoms with E-state index in [1.54, 1.807) is 6.33 Å². The lowest BCUT2D eigenvalue weighted by atomic mass is 10.2. The van der Waals surface area contributed by atoms with Crippen molar-refractivity contribution in [2.45, 2.75) is 4.90 Å². The molecule has 29 heavy (non-hydrogen) atoms. The number of imidazole rings is 1. The zero-order chi connectivity index (χ0) is 20.4. The number of amides is 1. The summed E-state index contributed by atoms with van der Waals surface area (Å²) in [5.41, 5.74) is 3.84. The fourth-order valence-corrected chi connectivity index (χ4v) is 3.71. The van der Waals surface area contributed by atoms with Crippen molar-refractivity contribution in [2.75, 3.05) is 12.4 Å². The molecule has 7 nitrogen and oxygen atoms in total. The van der Waals surface area contributed by atoms with Crippen molar-refractivity contribution in [3.8, 4) is 5.69 Å². The number of anilines is 1. The summed E-state index contributed by atoms with van der Waals surface area (Å²) in [6.07, 6.45) is 1.76. The highest BCUT2D eigenvalue weighted by atomic mass is 32.2. The maximum absolute atomic E-state index is 12.4. The van der Waals surface area contributed by atoms with Crippen LogP contribution in [0.2, 0.25) is 0 Å². The molecule has 1 amide bonds. The van der Waals surface area contributed by atoms with Gasteiger partial charge in [0.25, 0.3) is 5.91 Å². The minimum atomic E-state index is -3.53. The van der Waals surface area contributed by atoms with Crippen molar-refractivity contribution in [2.24, 2.45) is 0 Å². The maximum Gasteiger partial charge on any atom is 0.255 e. The number of sulfonamides is 1. The van der Waals surface area contributed by atoms with E-state index >= 15 is 0 Å². The van der Waals surface area contributed by atoms with Crippen LogP contribution in [0, 0.1) is 0 Å². The van der Waals surface area contributed by atoms with E-state index in [-0.39, 0.29) is 10.8 Å². The highest BCUT2D eigenvalue weighted by Crippen LogP contribution is 2.20. The van der Waals surface area contributed by atoms with Crippen LogP contribution in [0.3, 0.4) is 0 Å².